The summed E-state index contributed by atoms with van der Waals surface area (Å²) < 4.78 is 102. The van der Waals surface area contributed by atoms with Gasteiger partial charge in [0.25, 0.3) is 0 Å². The highest BCUT2D eigenvalue weighted by atomic mass is 19.3. The van der Waals surface area contributed by atoms with Crippen molar-refractivity contribution in [2.75, 3.05) is 0 Å². The molecule has 33 heavy (non-hydrogen) atoms. The second kappa shape index (κ2) is 8.39. The molecule has 0 aliphatic heterocycles. The average molecular weight is 468 g/mol. The van der Waals surface area contributed by atoms with Crippen LogP contribution in [0.4, 0.5) is 30.7 Å². The van der Waals surface area contributed by atoms with E-state index in [4.69, 9.17) is 0 Å². The number of hydrogen-bond acceptors (Lipinski definition) is 1. The lowest BCUT2D eigenvalue weighted by Crippen LogP contribution is -2.25. The Kier molecular flexibility index (Phi) is 5.88. The van der Waals surface area contributed by atoms with Gasteiger partial charge in [-0.25, -0.2) is 22.0 Å². The molecule has 3 aromatic rings. The maximum atomic E-state index is 14.7. The van der Waals surface area contributed by atoms with Crippen LogP contribution in [0.5, 0.6) is 5.75 Å². The molecule has 1 unspecified atom stereocenters. The topological polar surface area (TPSA) is 9.23 Å². The number of alkyl halides is 2. The summed E-state index contributed by atoms with van der Waals surface area (Å²) in [4.78, 5) is 0. The van der Waals surface area contributed by atoms with E-state index < -0.39 is 46.5 Å². The first-order valence-corrected chi connectivity index (χ1v) is 10.3. The fourth-order valence-corrected chi connectivity index (χ4v) is 4.11. The van der Waals surface area contributed by atoms with Gasteiger partial charge in [-0.2, -0.15) is 8.78 Å². The molecule has 0 radical (unpaired) electrons. The first kappa shape index (κ1) is 23.1. The van der Waals surface area contributed by atoms with Crippen molar-refractivity contribution in [1.82, 2.24) is 0 Å². The summed E-state index contributed by atoms with van der Waals surface area (Å²) in [5.74, 6) is -8.85. The molecule has 0 heterocycles. The van der Waals surface area contributed by atoms with E-state index in [9.17, 15) is 30.7 Å². The van der Waals surface area contributed by atoms with Crippen molar-refractivity contribution in [3.05, 3.63) is 88.2 Å². The molecule has 174 valence electrons. The first-order chi connectivity index (χ1) is 15.5. The van der Waals surface area contributed by atoms with Crippen LogP contribution in [0.25, 0.3) is 11.1 Å². The van der Waals surface area contributed by atoms with Crippen LogP contribution in [-0.2, 0) is 19.0 Å². The number of halogens is 7. The minimum absolute atomic E-state index is 0.0548. The zero-order valence-corrected chi connectivity index (χ0v) is 17.7. The van der Waals surface area contributed by atoms with Crippen LogP contribution in [-0.4, -0.2) is 0 Å². The van der Waals surface area contributed by atoms with Gasteiger partial charge in [0.1, 0.15) is 22.9 Å². The van der Waals surface area contributed by atoms with Crippen LogP contribution in [0, 0.1) is 40.9 Å². The minimum Gasteiger partial charge on any atom is -0.429 e. The van der Waals surface area contributed by atoms with Crippen molar-refractivity contribution in [2.24, 2.45) is 11.8 Å². The number of hydrogen-bond donors (Lipinski definition) is 0. The van der Waals surface area contributed by atoms with Crippen molar-refractivity contribution in [2.45, 2.75) is 32.8 Å². The van der Waals surface area contributed by atoms with Gasteiger partial charge in [0, 0.05) is 12.1 Å². The third-order valence-corrected chi connectivity index (χ3v) is 5.98. The van der Waals surface area contributed by atoms with E-state index in [0.29, 0.717) is 17.4 Å². The van der Waals surface area contributed by atoms with Crippen molar-refractivity contribution in [1.29, 1.82) is 0 Å². The Hall–Kier alpha value is -3.03. The van der Waals surface area contributed by atoms with Crippen molar-refractivity contribution in [3.63, 3.8) is 0 Å². The quantitative estimate of drug-likeness (QED) is 0.278. The predicted octanol–water partition coefficient (Wildman–Crippen LogP) is 7.55. The zero-order valence-electron chi connectivity index (χ0n) is 17.7. The van der Waals surface area contributed by atoms with Gasteiger partial charge < -0.3 is 4.74 Å². The highest BCUT2D eigenvalue weighted by molar-refractivity contribution is 5.66. The lowest BCUT2D eigenvalue weighted by molar-refractivity contribution is -0.189. The number of fused-ring (bicyclic) bond motifs is 1. The molecule has 4 rings (SSSR count). The summed E-state index contributed by atoms with van der Waals surface area (Å²) in [6, 6.07) is 7.15. The van der Waals surface area contributed by atoms with Crippen LogP contribution >= 0.6 is 0 Å². The normalized spacial score (nSPS) is 15.8. The van der Waals surface area contributed by atoms with Crippen LogP contribution in [0.1, 0.15) is 30.5 Å². The third kappa shape index (κ3) is 4.43. The summed E-state index contributed by atoms with van der Waals surface area (Å²) in [5, 5.41) is 0. The third-order valence-electron chi connectivity index (χ3n) is 5.98. The first-order valence-electron chi connectivity index (χ1n) is 10.3. The Bertz CT molecular complexity index is 1170. The van der Waals surface area contributed by atoms with Gasteiger partial charge in [0.15, 0.2) is 17.5 Å². The van der Waals surface area contributed by atoms with E-state index in [-0.39, 0.29) is 17.7 Å². The SMILES string of the molecule is CC(C)C1Cc2ccc(-c3cc(F)c(C(F)(F)Oc4cc(F)c(F)c(F)c4)c(F)c3)cc2C1. The number of ether oxygens (including phenoxy) is 1. The Morgan fingerprint density at radius 2 is 1.33 bits per heavy atom. The standard InChI is InChI=1S/C25H19F7O/c1-12(2)15-5-13-3-4-14(6-16(13)7-15)17-8-19(26)23(20(27)9-17)25(31,32)33-18-10-21(28)24(30)22(29)11-18/h3-4,6,8-12,15H,5,7H2,1-2H3. The molecule has 0 spiro atoms. The van der Waals surface area contributed by atoms with Gasteiger partial charge >= 0.3 is 6.11 Å². The Morgan fingerprint density at radius 1 is 0.758 bits per heavy atom. The van der Waals surface area contributed by atoms with Crippen LogP contribution in [0.3, 0.4) is 0 Å². The van der Waals surface area contributed by atoms with E-state index in [1.165, 1.54) is 0 Å². The predicted molar refractivity (Wildman–Crippen MR) is 108 cm³/mol. The summed E-state index contributed by atoms with van der Waals surface area (Å²) >= 11 is 0. The molecule has 0 bridgehead atoms. The van der Waals surface area contributed by atoms with Gasteiger partial charge in [-0.05, 0) is 59.1 Å². The summed E-state index contributed by atoms with van der Waals surface area (Å²) in [5.41, 5.74) is 0.991. The zero-order chi connectivity index (χ0) is 24.1. The van der Waals surface area contributed by atoms with E-state index in [2.05, 4.69) is 18.6 Å². The maximum absolute atomic E-state index is 14.7. The van der Waals surface area contributed by atoms with Crippen LogP contribution in [0.15, 0.2) is 42.5 Å². The van der Waals surface area contributed by atoms with E-state index in [1.54, 1.807) is 12.1 Å². The Balaban J connectivity index is 1.65. The molecule has 1 atom stereocenters. The smallest absolute Gasteiger partial charge is 0.429 e. The lowest BCUT2D eigenvalue weighted by atomic mass is 9.93. The van der Waals surface area contributed by atoms with Gasteiger partial charge in [-0.1, -0.05) is 32.0 Å². The lowest BCUT2D eigenvalue weighted by Gasteiger charge is -2.20. The molecule has 1 nitrogen and oxygen atoms in total. The summed E-state index contributed by atoms with van der Waals surface area (Å²) in [6.45, 7) is 4.25. The number of rotatable bonds is 5. The summed E-state index contributed by atoms with van der Waals surface area (Å²) in [7, 11) is 0. The molecule has 0 saturated heterocycles. The molecule has 0 amide bonds. The van der Waals surface area contributed by atoms with Crippen molar-refractivity contribution in [3.8, 4) is 16.9 Å². The molecule has 8 heteroatoms. The van der Waals surface area contributed by atoms with Crippen LogP contribution in [0.2, 0.25) is 0 Å². The molecule has 1 aliphatic rings. The van der Waals surface area contributed by atoms with Gasteiger partial charge in [-0.15, -0.1) is 0 Å². The molecule has 0 aromatic heterocycles. The van der Waals surface area contributed by atoms with Gasteiger partial charge in [0.05, 0.1) is 0 Å². The summed E-state index contributed by atoms with van der Waals surface area (Å²) in [6.07, 6.45) is -2.89. The molecule has 0 fully saturated rings. The molecule has 0 N–H and O–H groups in total. The monoisotopic (exact) mass is 468 g/mol. The van der Waals surface area contributed by atoms with Crippen LogP contribution < -0.4 is 4.74 Å². The highest BCUT2D eigenvalue weighted by Gasteiger charge is 2.41. The van der Waals surface area contributed by atoms with Gasteiger partial charge in [0.2, 0.25) is 0 Å². The molecular weight excluding hydrogens is 449 g/mol. The fourth-order valence-electron chi connectivity index (χ4n) is 4.11. The fraction of sp³-hybridized carbons (Fsp3) is 0.280. The number of benzene rings is 3. The largest absolute Gasteiger partial charge is 0.432 e. The van der Waals surface area contributed by atoms with E-state index >= 15 is 0 Å². The Labute approximate surface area is 185 Å². The average Bonchev–Trinajstić information content (AvgIpc) is 3.14. The Morgan fingerprint density at radius 3 is 1.91 bits per heavy atom. The van der Waals surface area contributed by atoms with E-state index in [1.807, 2.05) is 6.07 Å². The van der Waals surface area contributed by atoms with Gasteiger partial charge in [-0.3, -0.25) is 0 Å². The van der Waals surface area contributed by atoms with E-state index in [0.717, 1.165) is 36.1 Å². The highest BCUT2D eigenvalue weighted by Crippen LogP contribution is 2.39. The molecule has 0 saturated carbocycles. The second-order valence-corrected chi connectivity index (χ2v) is 8.53. The van der Waals surface area contributed by atoms with Crippen molar-refractivity contribution < 1.29 is 35.5 Å². The van der Waals surface area contributed by atoms with Crippen molar-refractivity contribution >= 4 is 0 Å². The maximum Gasteiger partial charge on any atom is 0.432 e. The second-order valence-electron chi connectivity index (χ2n) is 8.53. The molecule has 3 aromatic carbocycles. The molecule has 1 aliphatic carbocycles. The molecular formula is C25H19F7O. The minimum atomic E-state index is -4.62.